The number of piperazine rings is 1. The Bertz CT molecular complexity index is 1300. The van der Waals surface area contributed by atoms with Crippen molar-refractivity contribution in [1.82, 2.24) is 19.2 Å². The second-order valence-electron chi connectivity index (χ2n) is 7.80. The van der Waals surface area contributed by atoms with Crippen LogP contribution in [0.1, 0.15) is 23.7 Å². The van der Waals surface area contributed by atoms with Crippen LogP contribution in [0.3, 0.4) is 0 Å². The first-order chi connectivity index (χ1) is 16.4. The molecule has 1 aliphatic rings. The third-order valence-corrected chi connectivity index (χ3v) is 7.33. The standard InChI is InChI=1S/C23H27N5O5S/c1-2-33-14-6-12-28-20-10-4-3-9-19(20)25-23(28)26-22(30)17-7-5-8-18(15-17)34(31,32)27-13-11-24-21(29)16-27/h3-5,7-10,15H,2,6,11-14,16H2,1H3,(H,24,29)(H,25,26,30). The highest BCUT2D eigenvalue weighted by Crippen LogP contribution is 2.22. The first-order valence-corrected chi connectivity index (χ1v) is 12.6. The summed E-state index contributed by atoms with van der Waals surface area (Å²) in [5, 5.41) is 5.43. The molecule has 4 rings (SSSR count). The quantitative estimate of drug-likeness (QED) is 0.446. The number of carbonyl (C=O) groups excluding carboxylic acids is 2. The highest BCUT2D eigenvalue weighted by Gasteiger charge is 2.29. The van der Waals surface area contributed by atoms with Gasteiger partial charge >= 0.3 is 0 Å². The van der Waals surface area contributed by atoms with Crippen molar-refractivity contribution < 1.29 is 22.7 Å². The van der Waals surface area contributed by atoms with Gasteiger partial charge in [0.15, 0.2) is 0 Å². The van der Waals surface area contributed by atoms with E-state index in [4.69, 9.17) is 4.74 Å². The third-order valence-electron chi connectivity index (χ3n) is 5.49. The van der Waals surface area contributed by atoms with Crippen molar-refractivity contribution in [3.05, 3.63) is 54.1 Å². The average molecular weight is 486 g/mol. The van der Waals surface area contributed by atoms with Crippen LogP contribution in [-0.4, -0.2) is 66.9 Å². The number of rotatable bonds is 9. The number of nitrogens with one attached hydrogen (secondary N) is 2. The molecule has 180 valence electrons. The van der Waals surface area contributed by atoms with Crippen molar-refractivity contribution in [2.24, 2.45) is 0 Å². The fraction of sp³-hybridized carbons (Fsp3) is 0.348. The predicted octanol–water partition coefficient (Wildman–Crippen LogP) is 1.84. The number of benzene rings is 2. The SMILES string of the molecule is CCOCCCn1c(NC(=O)c2cccc(S(=O)(=O)N3CCNC(=O)C3)c2)nc2ccccc21. The molecule has 0 atom stereocenters. The van der Waals surface area contributed by atoms with Crippen LogP contribution in [0, 0.1) is 0 Å². The molecule has 11 heteroatoms. The van der Waals surface area contributed by atoms with Crippen molar-refractivity contribution in [3.63, 3.8) is 0 Å². The van der Waals surface area contributed by atoms with Gasteiger partial charge in [-0.05, 0) is 43.7 Å². The van der Waals surface area contributed by atoms with E-state index in [1.807, 2.05) is 35.8 Å². The van der Waals surface area contributed by atoms with Gasteiger partial charge in [0.05, 0.1) is 22.5 Å². The molecule has 1 saturated heterocycles. The molecule has 1 fully saturated rings. The van der Waals surface area contributed by atoms with Gasteiger partial charge in [0.1, 0.15) is 0 Å². The molecule has 1 aromatic heterocycles. The Balaban J connectivity index is 1.57. The second-order valence-corrected chi connectivity index (χ2v) is 9.73. The fourth-order valence-corrected chi connectivity index (χ4v) is 5.25. The van der Waals surface area contributed by atoms with E-state index in [1.54, 1.807) is 6.07 Å². The number of fused-ring (bicyclic) bond motifs is 1. The summed E-state index contributed by atoms with van der Waals surface area (Å²) in [6, 6.07) is 13.4. The maximum absolute atomic E-state index is 13.1. The van der Waals surface area contributed by atoms with Gasteiger partial charge in [-0.15, -0.1) is 0 Å². The van der Waals surface area contributed by atoms with Crippen molar-refractivity contribution >= 4 is 38.8 Å². The van der Waals surface area contributed by atoms with E-state index in [9.17, 15) is 18.0 Å². The molecule has 34 heavy (non-hydrogen) atoms. The Morgan fingerprint density at radius 3 is 2.82 bits per heavy atom. The minimum atomic E-state index is -3.91. The smallest absolute Gasteiger partial charge is 0.258 e. The van der Waals surface area contributed by atoms with E-state index < -0.39 is 15.9 Å². The van der Waals surface area contributed by atoms with Crippen LogP contribution in [0.2, 0.25) is 0 Å². The summed E-state index contributed by atoms with van der Waals surface area (Å²) >= 11 is 0. The Hall–Kier alpha value is -3.28. The van der Waals surface area contributed by atoms with Crippen LogP contribution < -0.4 is 10.6 Å². The number of aromatic nitrogens is 2. The maximum Gasteiger partial charge on any atom is 0.258 e. The zero-order chi connectivity index (χ0) is 24.1. The fourth-order valence-electron chi connectivity index (χ4n) is 3.81. The Morgan fingerprint density at radius 1 is 1.21 bits per heavy atom. The second kappa shape index (κ2) is 10.3. The van der Waals surface area contributed by atoms with Crippen LogP contribution in [0.25, 0.3) is 11.0 Å². The zero-order valence-electron chi connectivity index (χ0n) is 18.9. The van der Waals surface area contributed by atoms with Crippen LogP contribution in [-0.2, 0) is 26.1 Å². The van der Waals surface area contributed by atoms with E-state index >= 15 is 0 Å². The summed E-state index contributed by atoms with van der Waals surface area (Å²) < 4.78 is 34.4. The first-order valence-electron chi connectivity index (χ1n) is 11.1. The summed E-state index contributed by atoms with van der Waals surface area (Å²) in [4.78, 5) is 29.2. The lowest BCUT2D eigenvalue weighted by molar-refractivity contribution is -0.122. The monoisotopic (exact) mass is 485 g/mol. The first kappa shape index (κ1) is 23.9. The Labute approximate surface area is 198 Å². The van der Waals surface area contributed by atoms with Gasteiger partial charge in [0.2, 0.25) is 21.9 Å². The number of carbonyl (C=O) groups is 2. The Morgan fingerprint density at radius 2 is 2.03 bits per heavy atom. The highest BCUT2D eigenvalue weighted by molar-refractivity contribution is 7.89. The van der Waals surface area contributed by atoms with Gasteiger partial charge in [-0.25, -0.2) is 13.4 Å². The van der Waals surface area contributed by atoms with Gasteiger partial charge in [-0.2, -0.15) is 4.31 Å². The van der Waals surface area contributed by atoms with E-state index in [0.29, 0.717) is 25.7 Å². The average Bonchev–Trinajstić information content (AvgIpc) is 3.18. The maximum atomic E-state index is 13.1. The number of sulfonamides is 1. The Kier molecular flexibility index (Phi) is 7.25. The number of nitrogens with zero attached hydrogens (tertiary/aromatic N) is 3. The summed E-state index contributed by atoms with van der Waals surface area (Å²) in [7, 11) is -3.91. The summed E-state index contributed by atoms with van der Waals surface area (Å²) in [5.74, 6) is -0.453. The molecule has 0 unspecified atom stereocenters. The molecule has 2 aromatic carbocycles. The lowest BCUT2D eigenvalue weighted by atomic mass is 10.2. The van der Waals surface area contributed by atoms with Gasteiger partial charge in [0, 0.05) is 38.4 Å². The van der Waals surface area contributed by atoms with Crippen molar-refractivity contribution in [1.29, 1.82) is 0 Å². The van der Waals surface area contributed by atoms with E-state index in [1.165, 1.54) is 18.2 Å². The van der Waals surface area contributed by atoms with E-state index in [2.05, 4.69) is 15.6 Å². The molecule has 2 amide bonds. The van der Waals surface area contributed by atoms with E-state index in [0.717, 1.165) is 21.8 Å². The lowest BCUT2D eigenvalue weighted by Crippen LogP contribution is -2.49. The molecule has 0 bridgehead atoms. The van der Waals surface area contributed by atoms with E-state index in [-0.39, 0.29) is 36.0 Å². The zero-order valence-corrected chi connectivity index (χ0v) is 19.7. The molecule has 3 aromatic rings. The summed E-state index contributed by atoms with van der Waals surface area (Å²) in [5.41, 5.74) is 1.80. The minimum absolute atomic E-state index is 0.0416. The molecule has 0 saturated carbocycles. The number of para-hydroxylation sites is 2. The van der Waals surface area contributed by atoms with Gasteiger partial charge < -0.3 is 14.6 Å². The molecular formula is C23H27N5O5S. The van der Waals surface area contributed by atoms with Crippen LogP contribution >= 0.6 is 0 Å². The number of hydrogen-bond donors (Lipinski definition) is 2. The number of ether oxygens (including phenoxy) is 1. The topological polar surface area (TPSA) is 123 Å². The van der Waals surface area contributed by atoms with Gasteiger partial charge in [-0.3, -0.25) is 14.9 Å². The molecule has 10 nitrogen and oxygen atoms in total. The number of aryl methyl sites for hydroxylation is 1. The molecule has 0 radical (unpaired) electrons. The van der Waals surface area contributed by atoms with Crippen molar-refractivity contribution in [2.45, 2.75) is 24.8 Å². The van der Waals surface area contributed by atoms with Crippen molar-refractivity contribution in [3.8, 4) is 0 Å². The summed E-state index contributed by atoms with van der Waals surface area (Å²) in [6.45, 7) is 3.94. The number of imidazole rings is 1. The number of hydrogen-bond acceptors (Lipinski definition) is 6. The number of anilines is 1. The molecule has 1 aliphatic heterocycles. The molecule has 2 N–H and O–H groups in total. The largest absolute Gasteiger partial charge is 0.382 e. The van der Waals surface area contributed by atoms with Crippen LogP contribution in [0.4, 0.5) is 5.95 Å². The molecule has 0 spiro atoms. The van der Waals surface area contributed by atoms with Crippen LogP contribution in [0.15, 0.2) is 53.4 Å². The highest BCUT2D eigenvalue weighted by atomic mass is 32.2. The minimum Gasteiger partial charge on any atom is -0.382 e. The lowest BCUT2D eigenvalue weighted by Gasteiger charge is -2.26. The van der Waals surface area contributed by atoms with Gasteiger partial charge in [0.25, 0.3) is 5.91 Å². The normalized spacial score (nSPS) is 14.8. The third kappa shape index (κ3) is 5.11. The van der Waals surface area contributed by atoms with Crippen LogP contribution in [0.5, 0.6) is 0 Å². The predicted molar refractivity (Wildman–Crippen MR) is 127 cm³/mol. The van der Waals surface area contributed by atoms with Crippen molar-refractivity contribution in [2.75, 3.05) is 38.2 Å². The number of amides is 2. The molecular weight excluding hydrogens is 458 g/mol. The van der Waals surface area contributed by atoms with Gasteiger partial charge in [-0.1, -0.05) is 18.2 Å². The summed E-state index contributed by atoms with van der Waals surface area (Å²) in [6.07, 6.45) is 0.744. The molecule has 2 heterocycles. The molecule has 0 aliphatic carbocycles.